The first-order valence-electron chi connectivity index (χ1n) is 7.52. The summed E-state index contributed by atoms with van der Waals surface area (Å²) in [5.41, 5.74) is 1.79. The minimum atomic E-state index is -0.422. The van der Waals surface area contributed by atoms with Crippen molar-refractivity contribution in [2.45, 2.75) is 58.6 Å². The lowest BCUT2D eigenvalue weighted by atomic mass is 10.1. The van der Waals surface area contributed by atoms with Crippen molar-refractivity contribution in [1.29, 1.82) is 0 Å². The Kier molecular flexibility index (Phi) is 4.88. The fourth-order valence-electron chi connectivity index (χ4n) is 2.36. The van der Waals surface area contributed by atoms with Crippen LogP contribution >= 0.6 is 0 Å². The number of carbonyl (C=O) groups excluding carboxylic acids is 1. The number of fused-ring (bicyclic) bond motifs is 1. The fraction of sp³-hybridized carbons (Fsp3) is 0.562. The number of anilines is 2. The van der Waals surface area contributed by atoms with Crippen LogP contribution in [0.25, 0.3) is 0 Å². The first-order valence-corrected chi connectivity index (χ1v) is 7.52. The van der Waals surface area contributed by atoms with Crippen LogP contribution < -0.4 is 15.4 Å². The molecule has 0 fully saturated rings. The van der Waals surface area contributed by atoms with E-state index in [2.05, 4.69) is 24.5 Å². The highest BCUT2D eigenvalue weighted by atomic mass is 16.5. The second kappa shape index (κ2) is 6.64. The van der Waals surface area contributed by atoms with E-state index in [1.54, 1.807) is 6.92 Å². The average Bonchev–Trinajstić information content (AvgIpc) is 2.45. The van der Waals surface area contributed by atoms with Gasteiger partial charge in [-0.1, -0.05) is 26.7 Å². The molecule has 4 nitrogen and oxygen atoms in total. The topological polar surface area (TPSA) is 50.4 Å². The van der Waals surface area contributed by atoms with Crippen LogP contribution in [0.4, 0.5) is 11.4 Å². The molecule has 1 aromatic rings. The highest BCUT2D eigenvalue weighted by Gasteiger charge is 2.23. The third kappa shape index (κ3) is 3.44. The molecule has 0 saturated heterocycles. The molecule has 1 aromatic carbocycles. The summed E-state index contributed by atoms with van der Waals surface area (Å²) in [4.78, 5) is 11.6. The highest BCUT2D eigenvalue weighted by molar-refractivity contribution is 5.98. The molecule has 20 heavy (non-hydrogen) atoms. The van der Waals surface area contributed by atoms with E-state index in [0.717, 1.165) is 23.5 Å². The van der Waals surface area contributed by atoms with Gasteiger partial charge in [-0.25, -0.2) is 0 Å². The number of rotatable bonds is 6. The number of amides is 1. The van der Waals surface area contributed by atoms with Crippen molar-refractivity contribution in [3.8, 4) is 5.75 Å². The number of unbranched alkanes of at least 4 members (excludes halogenated alkanes) is 1. The molecule has 0 aromatic heterocycles. The lowest BCUT2D eigenvalue weighted by Crippen LogP contribution is -2.34. The maximum absolute atomic E-state index is 11.6. The first kappa shape index (κ1) is 14.7. The van der Waals surface area contributed by atoms with Crippen molar-refractivity contribution in [3.63, 3.8) is 0 Å². The van der Waals surface area contributed by atoms with Gasteiger partial charge in [0.05, 0.1) is 5.69 Å². The summed E-state index contributed by atoms with van der Waals surface area (Å²) in [6.45, 7) is 6.15. The molecule has 2 rings (SSSR count). The van der Waals surface area contributed by atoms with E-state index in [1.165, 1.54) is 19.3 Å². The van der Waals surface area contributed by atoms with E-state index in [0.29, 0.717) is 6.04 Å². The number of hydrogen-bond donors (Lipinski definition) is 2. The summed E-state index contributed by atoms with van der Waals surface area (Å²) in [6, 6.07) is 6.36. The zero-order valence-corrected chi connectivity index (χ0v) is 12.5. The van der Waals surface area contributed by atoms with Gasteiger partial charge in [0.15, 0.2) is 6.10 Å². The number of carbonyl (C=O) groups is 1. The summed E-state index contributed by atoms with van der Waals surface area (Å²) in [5, 5.41) is 6.41. The van der Waals surface area contributed by atoms with Crippen molar-refractivity contribution in [2.24, 2.45) is 0 Å². The summed E-state index contributed by atoms with van der Waals surface area (Å²) >= 11 is 0. The molecular formula is C16H24N2O2. The van der Waals surface area contributed by atoms with E-state index in [1.807, 2.05) is 18.2 Å². The maximum atomic E-state index is 11.6. The zero-order chi connectivity index (χ0) is 14.5. The highest BCUT2D eigenvalue weighted by Crippen LogP contribution is 2.32. The van der Waals surface area contributed by atoms with Gasteiger partial charge in [-0.05, 0) is 38.0 Å². The minimum Gasteiger partial charge on any atom is -0.479 e. The van der Waals surface area contributed by atoms with E-state index < -0.39 is 6.10 Å². The SMILES string of the molecule is CCCCC(CC)Nc1ccc2c(c1)NC(=O)C(C)O2. The van der Waals surface area contributed by atoms with Gasteiger partial charge in [0.25, 0.3) is 5.91 Å². The van der Waals surface area contributed by atoms with Crippen molar-refractivity contribution >= 4 is 17.3 Å². The molecule has 2 N–H and O–H groups in total. The Morgan fingerprint density at radius 3 is 2.90 bits per heavy atom. The van der Waals surface area contributed by atoms with Crippen LogP contribution in [-0.4, -0.2) is 18.1 Å². The Bertz CT molecular complexity index is 474. The van der Waals surface area contributed by atoms with Gasteiger partial charge in [-0.3, -0.25) is 4.79 Å². The smallest absolute Gasteiger partial charge is 0.265 e. The van der Waals surface area contributed by atoms with Gasteiger partial charge in [0, 0.05) is 11.7 Å². The Morgan fingerprint density at radius 2 is 2.20 bits per heavy atom. The van der Waals surface area contributed by atoms with Crippen LogP contribution in [0.3, 0.4) is 0 Å². The molecule has 0 aliphatic carbocycles. The van der Waals surface area contributed by atoms with Gasteiger partial charge in [0.2, 0.25) is 0 Å². The normalized spacial score (nSPS) is 18.8. The molecule has 2 unspecified atom stereocenters. The first-order chi connectivity index (χ1) is 9.63. The molecule has 1 aliphatic rings. The standard InChI is InChI=1S/C16H24N2O2/c1-4-6-7-12(5-2)17-13-8-9-15-14(10-13)18-16(19)11(3)20-15/h8-12,17H,4-7H2,1-3H3,(H,18,19). The van der Waals surface area contributed by atoms with Crippen LogP contribution in [0.2, 0.25) is 0 Å². The van der Waals surface area contributed by atoms with E-state index >= 15 is 0 Å². The van der Waals surface area contributed by atoms with E-state index in [4.69, 9.17) is 4.74 Å². The van der Waals surface area contributed by atoms with Gasteiger partial charge < -0.3 is 15.4 Å². The number of nitrogens with one attached hydrogen (secondary N) is 2. The predicted octanol–water partition coefficient (Wildman–Crippen LogP) is 3.79. The molecule has 0 radical (unpaired) electrons. The maximum Gasteiger partial charge on any atom is 0.265 e. The Morgan fingerprint density at radius 1 is 1.40 bits per heavy atom. The second-order valence-corrected chi connectivity index (χ2v) is 5.35. The quantitative estimate of drug-likeness (QED) is 0.831. The molecule has 0 spiro atoms. The summed E-state index contributed by atoms with van der Waals surface area (Å²) in [5.74, 6) is 0.650. The van der Waals surface area contributed by atoms with Crippen molar-refractivity contribution in [1.82, 2.24) is 0 Å². The second-order valence-electron chi connectivity index (χ2n) is 5.35. The molecule has 1 amide bonds. The molecule has 110 valence electrons. The van der Waals surface area contributed by atoms with Crippen molar-refractivity contribution < 1.29 is 9.53 Å². The molecule has 2 atom stereocenters. The Labute approximate surface area is 120 Å². The predicted molar refractivity (Wildman–Crippen MR) is 82.4 cm³/mol. The summed E-state index contributed by atoms with van der Waals surface area (Å²) in [6.07, 6.45) is 4.29. The number of hydrogen-bond acceptors (Lipinski definition) is 3. The van der Waals surface area contributed by atoms with Gasteiger partial charge in [-0.15, -0.1) is 0 Å². The lowest BCUT2D eigenvalue weighted by molar-refractivity contribution is -0.122. The molecule has 0 saturated carbocycles. The van der Waals surface area contributed by atoms with Crippen LogP contribution in [0.15, 0.2) is 18.2 Å². The molecule has 1 aliphatic heterocycles. The van der Waals surface area contributed by atoms with Crippen molar-refractivity contribution in [2.75, 3.05) is 10.6 Å². The van der Waals surface area contributed by atoms with Crippen LogP contribution in [-0.2, 0) is 4.79 Å². The van der Waals surface area contributed by atoms with Crippen LogP contribution in [0, 0.1) is 0 Å². The zero-order valence-electron chi connectivity index (χ0n) is 12.5. The third-order valence-electron chi connectivity index (χ3n) is 3.68. The number of ether oxygens (including phenoxy) is 1. The van der Waals surface area contributed by atoms with E-state index in [-0.39, 0.29) is 5.91 Å². The Balaban J connectivity index is 2.07. The van der Waals surface area contributed by atoms with Crippen molar-refractivity contribution in [3.05, 3.63) is 18.2 Å². The largest absolute Gasteiger partial charge is 0.479 e. The van der Waals surface area contributed by atoms with Gasteiger partial charge in [-0.2, -0.15) is 0 Å². The lowest BCUT2D eigenvalue weighted by Gasteiger charge is -2.25. The van der Waals surface area contributed by atoms with E-state index in [9.17, 15) is 4.79 Å². The molecular weight excluding hydrogens is 252 g/mol. The van der Waals surface area contributed by atoms with Gasteiger partial charge in [0.1, 0.15) is 5.75 Å². The minimum absolute atomic E-state index is 0.0901. The summed E-state index contributed by atoms with van der Waals surface area (Å²) < 4.78 is 5.56. The average molecular weight is 276 g/mol. The van der Waals surface area contributed by atoms with Crippen LogP contribution in [0.5, 0.6) is 5.75 Å². The molecule has 4 heteroatoms. The number of benzene rings is 1. The monoisotopic (exact) mass is 276 g/mol. The van der Waals surface area contributed by atoms with Gasteiger partial charge >= 0.3 is 0 Å². The summed E-state index contributed by atoms with van der Waals surface area (Å²) in [7, 11) is 0. The third-order valence-corrected chi connectivity index (χ3v) is 3.68. The molecule has 0 bridgehead atoms. The Hall–Kier alpha value is -1.71. The molecule has 1 heterocycles. The fourth-order valence-corrected chi connectivity index (χ4v) is 2.36. The van der Waals surface area contributed by atoms with Crippen LogP contribution in [0.1, 0.15) is 46.5 Å².